The lowest BCUT2D eigenvalue weighted by Gasteiger charge is -1.96. The smallest absolute Gasteiger partial charge is 0.328 e. The number of aliphatic carboxylic acids is 2. The largest absolute Gasteiger partial charge is 0.478 e. The standard InChI is InChI=1S/C4H4O4.C3H4N2O/c5-3(6)1-2-4(7)8;1-2-6-5-3-4-1/h1-2H,(H,5,6)(H,7,8);1-3H,(H,4,5)/b2-1-;. The van der Waals surface area contributed by atoms with Crippen molar-refractivity contribution in [2.45, 2.75) is 0 Å². The molecule has 0 atom stereocenters. The molecule has 0 unspecified atom stereocenters. The molecule has 0 aromatic heterocycles. The molecule has 1 rings (SSSR count). The van der Waals surface area contributed by atoms with Gasteiger partial charge in [-0.1, -0.05) is 0 Å². The molecular formula is C7H8N2O5. The summed E-state index contributed by atoms with van der Waals surface area (Å²) < 4.78 is 0. The van der Waals surface area contributed by atoms with E-state index in [-0.39, 0.29) is 0 Å². The van der Waals surface area contributed by atoms with Gasteiger partial charge in [0.2, 0.25) is 0 Å². The summed E-state index contributed by atoms with van der Waals surface area (Å²) in [5.41, 5.74) is 2.41. The highest BCUT2D eigenvalue weighted by molar-refractivity contribution is 5.89. The normalized spacial score (nSPS) is 12.3. The zero-order chi connectivity index (χ0) is 10.8. The van der Waals surface area contributed by atoms with Gasteiger partial charge in [-0.2, -0.15) is 0 Å². The minimum Gasteiger partial charge on any atom is -0.478 e. The van der Waals surface area contributed by atoms with Gasteiger partial charge in [-0.05, 0) is 0 Å². The molecular weight excluding hydrogens is 192 g/mol. The first kappa shape index (κ1) is 11.7. The number of hydroxylamine groups is 1. The van der Waals surface area contributed by atoms with E-state index < -0.39 is 11.9 Å². The average molecular weight is 200 g/mol. The topological polar surface area (TPSA) is 108 Å². The zero-order valence-electron chi connectivity index (χ0n) is 6.95. The maximum absolute atomic E-state index is 9.55. The van der Waals surface area contributed by atoms with Gasteiger partial charge in [0.05, 0.1) is 6.20 Å². The minimum atomic E-state index is -1.26. The number of carboxylic acid groups (broad SMARTS) is 2. The van der Waals surface area contributed by atoms with E-state index in [0.717, 1.165) is 0 Å². The Morgan fingerprint density at radius 1 is 1.29 bits per heavy atom. The van der Waals surface area contributed by atoms with E-state index in [9.17, 15) is 9.59 Å². The summed E-state index contributed by atoms with van der Waals surface area (Å²) in [5.74, 6) is -2.51. The molecule has 1 heterocycles. The molecule has 1 aliphatic rings. The highest BCUT2D eigenvalue weighted by Crippen LogP contribution is 1.76. The third-order valence-electron chi connectivity index (χ3n) is 0.779. The molecule has 3 N–H and O–H groups in total. The molecule has 76 valence electrons. The van der Waals surface area contributed by atoms with Crippen molar-refractivity contribution in [2.75, 3.05) is 0 Å². The molecule has 0 radical (unpaired) electrons. The van der Waals surface area contributed by atoms with Crippen molar-refractivity contribution in [1.82, 2.24) is 5.48 Å². The number of hydrogen-bond acceptors (Lipinski definition) is 5. The first-order valence-corrected chi connectivity index (χ1v) is 3.34. The number of rotatable bonds is 2. The molecule has 7 heteroatoms. The van der Waals surface area contributed by atoms with Gasteiger partial charge in [-0.15, -0.1) is 0 Å². The second-order valence-corrected chi connectivity index (χ2v) is 1.81. The molecule has 1 aliphatic heterocycles. The maximum atomic E-state index is 9.55. The maximum Gasteiger partial charge on any atom is 0.328 e. The van der Waals surface area contributed by atoms with Gasteiger partial charge in [-0.25, -0.2) is 20.1 Å². The third kappa shape index (κ3) is 9.69. The predicted octanol–water partition coefficient (Wildman–Crippen LogP) is -0.268. The summed E-state index contributed by atoms with van der Waals surface area (Å²) in [6.45, 7) is 0. The van der Waals surface area contributed by atoms with Crippen molar-refractivity contribution < 1.29 is 24.6 Å². The molecule has 0 spiro atoms. The van der Waals surface area contributed by atoms with E-state index in [4.69, 9.17) is 10.2 Å². The monoisotopic (exact) mass is 200 g/mol. The van der Waals surface area contributed by atoms with Gasteiger partial charge >= 0.3 is 11.9 Å². The van der Waals surface area contributed by atoms with Crippen LogP contribution in [-0.2, 0) is 14.4 Å². The van der Waals surface area contributed by atoms with Crippen molar-refractivity contribution in [1.29, 1.82) is 0 Å². The quantitative estimate of drug-likeness (QED) is 0.529. The number of carbonyl (C=O) groups is 2. The number of carboxylic acids is 2. The predicted molar refractivity (Wildman–Crippen MR) is 46.3 cm³/mol. The molecule has 7 nitrogen and oxygen atoms in total. The Morgan fingerprint density at radius 2 is 1.86 bits per heavy atom. The van der Waals surface area contributed by atoms with Crippen LogP contribution >= 0.6 is 0 Å². The van der Waals surface area contributed by atoms with E-state index >= 15 is 0 Å². The van der Waals surface area contributed by atoms with Crippen LogP contribution in [0, 0.1) is 0 Å². The summed E-state index contributed by atoms with van der Waals surface area (Å²) >= 11 is 0. The van der Waals surface area contributed by atoms with Gasteiger partial charge in [0.25, 0.3) is 0 Å². The van der Waals surface area contributed by atoms with Gasteiger partial charge in [-0.3, -0.25) is 0 Å². The van der Waals surface area contributed by atoms with Crippen LogP contribution in [0.2, 0.25) is 0 Å². The number of nitrogens with zero attached hydrogens (tertiary/aromatic N) is 1. The second-order valence-electron chi connectivity index (χ2n) is 1.81. The Hall–Kier alpha value is -2.31. The van der Waals surface area contributed by atoms with E-state index in [0.29, 0.717) is 12.2 Å². The van der Waals surface area contributed by atoms with Crippen LogP contribution in [0.25, 0.3) is 0 Å². The van der Waals surface area contributed by atoms with E-state index in [1.165, 1.54) is 12.6 Å². The van der Waals surface area contributed by atoms with Gasteiger partial charge in [0.15, 0.2) is 0 Å². The molecule has 0 fully saturated rings. The van der Waals surface area contributed by atoms with Crippen LogP contribution in [0.5, 0.6) is 0 Å². The average Bonchev–Trinajstić information content (AvgIpc) is 2.18. The van der Waals surface area contributed by atoms with E-state index in [1.54, 1.807) is 6.20 Å². The fourth-order valence-electron chi connectivity index (χ4n) is 0.351. The Labute approximate surface area is 79.0 Å². The third-order valence-corrected chi connectivity index (χ3v) is 0.779. The van der Waals surface area contributed by atoms with Crippen LogP contribution in [0.3, 0.4) is 0 Å². The molecule has 14 heavy (non-hydrogen) atoms. The Bertz CT molecular complexity index is 254. The number of hydrogen-bond donors (Lipinski definition) is 3. The lowest BCUT2D eigenvalue weighted by Crippen LogP contribution is -2.08. The summed E-state index contributed by atoms with van der Waals surface area (Å²) in [7, 11) is 0. The van der Waals surface area contributed by atoms with Crippen molar-refractivity contribution in [3.8, 4) is 0 Å². The van der Waals surface area contributed by atoms with E-state index in [1.807, 2.05) is 0 Å². The summed E-state index contributed by atoms with van der Waals surface area (Å²) in [6, 6.07) is 0. The first-order valence-electron chi connectivity index (χ1n) is 3.34. The highest BCUT2D eigenvalue weighted by Gasteiger charge is 1.88. The molecule has 0 aliphatic carbocycles. The SMILES string of the molecule is C1=CONC=N1.O=C(O)/C=C\C(=O)O. The Balaban J connectivity index is 0.000000249. The highest BCUT2D eigenvalue weighted by atomic mass is 16.6. The first-order chi connectivity index (χ1) is 6.63. The molecule has 0 aromatic carbocycles. The lowest BCUT2D eigenvalue weighted by molar-refractivity contribution is -0.134. The van der Waals surface area contributed by atoms with Crippen LogP contribution in [0.15, 0.2) is 29.6 Å². The fourth-order valence-corrected chi connectivity index (χ4v) is 0.351. The van der Waals surface area contributed by atoms with Crippen molar-refractivity contribution in [3.63, 3.8) is 0 Å². The fraction of sp³-hybridized carbons (Fsp3) is 0. The van der Waals surface area contributed by atoms with E-state index in [2.05, 4.69) is 15.3 Å². The minimum absolute atomic E-state index is 0.558. The van der Waals surface area contributed by atoms with Crippen molar-refractivity contribution >= 4 is 18.3 Å². The molecule has 0 saturated carbocycles. The van der Waals surface area contributed by atoms with Crippen LogP contribution < -0.4 is 5.48 Å². The zero-order valence-corrected chi connectivity index (χ0v) is 6.95. The molecule has 0 bridgehead atoms. The Morgan fingerprint density at radius 3 is 2.00 bits per heavy atom. The number of aliphatic imine (C=N–C) groups is 1. The van der Waals surface area contributed by atoms with Gasteiger partial charge < -0.3 is 15.1 Å². The second kappa shape index (κ2) is 7.35. The molecule has 0 amide bonds. The summed E-state index contributed by atoms with van der Waals surface area (Å²) in [6.07, 6.45) is 5.58. The Kier molecular flexibility index (Phi) is 6.13. The van der Waals surface area contributed by atoms with Gasteiger partial charge in [0, 0.05) is 12.2 Å². The van der Waals surface area contributed by atoms with Gasteiger partial charge in [0.1, 0.15) is 12.6 Å². The van der Waals surface area contributed by atoms with Crippen LogP contribution in [0.4, 0.5) is 0 Å². The summed E-state index contributed by atoms with van der Waals surface area (Å²) in [4.78, 5) is 27.2. The number of nitrogens with one attached hydrogen (secondary N) is 1. The molecule has 0 aromatic rings. The van der Waals surface area contributed by atoms with Crippen molar-refractivity contribution in [3.05, 3.63) is 24.6 Å². The van der Waals surface area contributed by atoms with Crippen LogP contribution in [-0.4, -0.2) is 28.5 Å². The summed E-state index contributed by atoms with van der Waals surface area (Å²) in [5, 5.41) is 15.6. The lowest BCUT2D eigenvalue weighted by atomic mass is 10.5. The molecule has 0 saturated heterocycles. The van der Waals surface area contributed by atoms with Crippen LogP contribution in [0.1, 0.15) is 0 Å². The van der Waals surface area contributed by atoms with Crippen molar-refractivity contribution in [2.24, 2.45) is 4.99 Å².